The van der Waals surface area contributed by atoms with Crippen LogP contribution in [-0.2, 0) is 0 Å². The summed E-state index contributed by atoms with van der Waals surface area (Å²) in [5, 5.41) is 2.94. The summed E-state index contributed by atoms with van der Waals surface area (Å²) in [6.07, 6.45) is 1.90. The van der Waals surface area contributed by atoms with E-state index < -0.39 is 0 Å². The average molecular weight is 382 g/mol. The van der Waals surface area contributed by atoms with E-state index in [2.05, 4.69) is 21.2 Å². The van der Waals surface area contributed by atoms with Crippen molar-refractivity contribution in [3.05, 3.63) is 51.5 Å². The molecule has 20 heavy (non-hydrogen) atoms. The molecule has 1 N–H and O–H groups in total. The molecule has 0 spiro atoms. The highest BCUT2D eigenvalue weighted by molar-refractivity contribution is 9.10. The van der Waals surface area contributed by atoms with Gasteiger partial charge in [-0.05, 0) is 30.3 Å². The third-order valence-corrected chi connectivity index (χ3v) is 4.83. The maximum absolute atomic E-state index is 5.82. The van der Waals surface area contributed by atoms with Gasteiger partial charge in [0.05, 0.1) is 4.91 Å². The fourth-order valence-electron chi connectivity index (χ4n) is 1.75. The molecule has 1 aromatic carbocycles. The molecule has 3 rings (SSSR count). The summed E-state index contributed by atoms with van der Waals surface area (Å²) in [6.45, 7) is 0. The molecule has 1 aromatic heterocycles. The molecule has 2 aromatic rings. The first-order chi connectivity index (χ1) is 9.61. The first kappa shape index (κ1) is 14.0. The normalized spacial score (nSPS) is 16.8. The van der Waals surface area contributed by atoms with Gasteiger partial charge in [-0.25, -0.2) is 0 Å². The lowest BCUT2D eigenvalue weighted by atomic mass is 10.2. The van der Waals surface area contributed by atoms with E-state index in [1.807, 2.05) is 42.5 Å². The Morgan fingerprint density at radius 1 is 1.10 bits per heavy atom. The Morgan fingerprint density at radius 2 is 1.85 bits per heavy atom. The number of nitrogens with one attached hydrogen (secondary N) is 1. The molecule has 1 fully saturated rings. The fraction of sp³-hybridized carbons (Fsp3) is 0. The minimum absolute atomic E-state index is 0.654. The summed E-state index contributed by atoms with van der Waals surface area (Å²) >= 11 is 15.1. The van der Waals surface area contributed by atoms with Crippen LogP contribution in [0.3, 0.4) is 0 Å². The SMILES string of the molecule is S=C1NC(=S)/C(=C/c2ccc(-c3ccc(Br)cc3)o2)S1. The lowest BCUT2D eigenvalue weighted by Gasteiger charge is -1.97. The fourth-order valence-corrected chi connectivity index (χ4v) is 3.47. The molecule has 2 nitrogen and oxygen atoms in total. The van der Waals surface area contributed by atoms with Gasteiger partial charge in [0.2, 0.25) is 0 Å². The second-order valence-corrected chi connectivity index (χ2v) is 7.10. The van der Waals surface area contributed by atoms with Crippen molar-refractivity contribution in [2.24, 2.45) is 0 Å². The van der Waals surface area contributed by atoms with Crippen molar-refractivity contribution in [3.63, 3.8) is 0 Å². The van der Waals surface area contributed by atoms with E-state index in [0.29, 0.717) is 9.31 Å². The monoisotopic (exact) mass is 381 g/mol. The summed E-state index contributed by atoms with van der Waals surface area (Å²) in [4.78, 5) is 1.57. The Morgan fingerprint density at radius 3 is 2.50 bits per heavy atom. The Bertz CT molecular complexity index is 718. The molecule has 1 saturated heterocycles. The Kier molecular flexibility index (Phi) is 4.07. The molecule has 0 bridgehead atoms. The highest BCUT2D eigenvalue weighted by Crippen LogP contribution is 2.29. The van der Waals surface area contributed by atoms with E-state index in [0.717, 1.165) is 26.5 Å². The molecule has 0 amide bonds. The highest BCUT2D eigenvalue weighted by Gasteiger charge is 2.19. The molecule has 2 heterocycles. The van der Waals surface area contributed by atoms with Crippen molar-refractivity contribution in [1.82, 2.24) is 5.32 Å². The third kappa shape index (κ3) is 3.03. The van der Waals surface area contributed by atoms with Gasteiger partial charge in [0.15, 0.2) is 0 Å². The molecule has 0 saturated carbocycles. The lowest BCUT2D eigenvalue weighted by Crippen LogP contribution is -2.15. The van der Waals surface area contributed by atoms with Gasteiger partial charge in [-0.1, -0.05) is 64.3 Å². The smallest absolute Gasteiger partial charge is 0.143 e. The van der Waals surface area contributed by atoms with Crippen molar-refractivity contribution in [1.29, 1.82) is 0 Å². The first-order valence-electron chi connectivity index (χ1n) is 5.72. The Balaban J connectivity index is 1.87. The van der Waals surface area contributed by atoms with Crippen LogP contribution in [0.25, 0.3) is 17.4 Å². The van der Waals surface area contributed by atoms with Gasteiger partial charge in [0.1, 0.15) is 20.8 Å². The number of thioether (sulfide) groups is 1. The molecule has 0 unspecified atom stereocenters. The standard InChI is InChI=1S/C14H8BrNOS3/c15-9-3-1-8(2-4-9)11-6-5-10(17-11)7-12-13(18)16-14(19)20-12/h1-7H,(H,16,18,19)/b12-7-. The zero-order valence-corrected chi connectivity index (χ0v) is 14.1. The minimum Gasteiger partial charge on any atom is -0.457 e. The van der Waals surface area contributed by atoms with Crippen LogP contribution in [0.15, 0.2) is 50.2 Å². The largest absolute Gasteiger partial charge is 0.457 e. The summed E-state index contributed by atoms with van der Waals surface area (Å²) < 4.78 is 7.54. The molecule has 0 radical (unpaired) electrons. The van der Waals surface area contributed by atoms with Crippen molar-refractivity contribution in [3.8, 4) is 11.3 Å². The van der Waals surface area contributed by atoms with E-state index in [9.17, 15) is 0 Å². The van der Waals surface area contributed by atoms with Gasteiger partial charge < -0.3 is 9.73 Å². The number of hydrogen-bond donors (Lipinski definition) is 1. The van der Waals surface area contributed by atoms with Gasteiger partial charge in [-0.3, -0.25) is 0 Å². The van der Waals surface area contributed by atoms with Gasteiger partial charge in [-0.15, -0.1) is 0 Å². The lowest BCUT2D eigenvalue weighted by molar-refractivity contribution is 0.572. The van der Waals surface area contributed by atoms with Crippen LogP contribution >= 0.6 is 52.1 Å². The Hall–Kier alpha value is -0.950. The maximum atomic E-state index is 5.82. The van der Waals surface area contributed by atoms with E-state index >= 15 is 0 Å². The van der Waals surface area contributed by atoms with E-state index in [-0.39, 0.29) is 0 Å². The van der Waals surface area contributed by atoms with E-state index in [4.69, 9.17) is 28.9 Å². The maximum Gasteiger partial charge on any atom is 0.143 e. The van der Waals surface area contributed by atoms with Crippen LogP contribution in [0.1, 0.15) is 5.76 Å². The zero-order chi connectivity index (χ0) is 14.1. The zero-order valence-electron chi connectivity index (χ0n) is 10.1. The topological polar surface area (TPSA) is 25.2 Å². The predicted octanol–water partition coefficient (Wildman–Crippen LogP) is 5.00. The van der Waals surface area contributed by atoms with Gasteiger partial charge >= 0.3 is 0 Å². The third-order valence-electron chi connectivity index (χ3n) is 2.67. The average Bonchev–Trinajstić information content (AvgIpc) is 2.98. The number of thiocarbonyl (C=S) groups is 2. The number of rotatable bonds is 2. The van der Waals surface area contributed by atoms with Crippen molar-refractivity contribution >= 4 is 67.5 Å². The molecule has 1 aliphatic rings. The van der Waals surface area contributed by atoms with Crippen LogP contribution in [0.4, 0.5) is 0 Å². The molecule has 0 aliphatic carbocycles. The summed E-state index contributed by atoms with van der Waals surface area (Å²) in [6, 6.07) is 11.9. The van der Waals surface area contributed by atoms with Crippen molar-refractivity contribution in [2.45, 2.75) is 0 Å². The molecule has 6 heteroatoms. The number of benzene rings is 1. The molecular weight excluding hydrogens is 374 g/mol. The van der Waals surface area contributed by atoms with Crippen LogP contribution in [0, 0.1) is 0 Å². The van der Waals surface area contributed by atoms with Crippen LogP contribution in [0.5, 0.6) is 0 Å². The number of halogens is 1. The second kappa shape index (κ2) is 5.81. The molecule has 1 aliphatic heterocycles. The number of hydrogen-bond acceptors (Lipinski definition) is 4. The highest BCUT2D eigenvalue weighted by atomic mass is 79.9. The van der Waals surface area contributed by atoms with Crippen LogP contribution in [-0.4, -0.2) is 9.31 Å². The first-order valence-corrected chi connectivity index (χ1v) is 8.15. The molecule has 100 valence electrons. The molecular formula is C14H8BrNOS3. The van der Waals surface area contributed by atoms with Crippen molar-refractivity contribution in [2.75, 3.05) is 0 Å². The molecule has 0 atom stereocenters. The minimum atomic E-state index is 0.654. The Labute approximate surface area is 139 Å². The van der Waals surface area contributed by atoms with Gasteiger partial charge in [0.25, 0.3) is 0 Å². The summed E-state index contributed by atoms with van der Waals surface area (Å²) in [7, 11) is 0. The predicted molar refractivity (Wildman–Crippen MR) is 95.7 cm³/mol. The van der Waals surface area contributed by atoms with Crippen LogP contribution < -0.4 is 5.32 Å². The van der Waals surface area contributed by atoms with Gasteiger partial charge in [-0.2, -0.15) is 0 Å². The van der Waals surface area contributed by atoms with E-state index in [1.54, 1.807) is 0 Å². The van der Waals surface area contributed by atoms with Crippen LogP contribution in [0.2, 0.25) is 0 Å². The quantitative estimate of drug-likeness (QED) is 0.582. The van der Waals surface area contributed by atoms with Gasteiger partial charge in [0, 0.05) is 10.0 Å². The summed E-state index contributed by atoms with van der Waals surface area (Å²) in [5.74, 6) is 1.59. The van der Waals surface area contributed by atoms with Crippen molar-refractivity contribution < 1.29 is 4.42 Å². The van der Waals surface area contributed by atoms with E-state index in [1.165, 1.54) is 11.8 Å². The number of furan rings is 1. The summed E-state index contributed by atoms with van der Waals surface area (Å²) in [5.41, 5.74) is 1.04. The second-order valence-electron chi connectivity index (χ2n) is 4.06.